The summed E-state index contributed by atoms with van der Waals surface area (Å²) in [5.41, 5.74) is 0.980. The van der Waals surface area contributed by atoms with E-state index in [0.717, 1.165) is 5.56 Å². The minimum atomic E-state index is -3.54. The Kier molecular flexibility index (Phi) is 5.05. The molecule has 1 unspecified atom stereocenters. The molecule has 2 N–H and O–H groups in total. The average molecular weight is 329 g/mol. The van der Waals surface area contributed by atoms with Gasteiger partial charge in [0.25, 0.3) is 10.0 Å². The Morgan fingerprint density at radius 2 is 1.95 bits per heavy atom. The maximum Gasteiger partial charge on any atom is 0.273 e. The van der Waals surface area contributed by atoms with Gasteiger partial charge in [0.05, 0.1) is 6.54 Å². The SMILES string of the molecule is CNS(=O)(=O)c1ccc(CNC(C)c2ccccc2Cl)o1. The molecule has 0 amide bonds. The Balaban J connectivity index is 2.03. The van der Waals surface area contributed by atoms with E-state index in [4.69, 9.17) is 16.0 Å². The molecule has 0 radical (unpaired) electrons. The first kappa shape index (κ1) is 16.0. The van der Waals surface area contributed by atoms with Crippen LogP contribution in [0.3, 0.4) is 0 Å². The van der Waals surface area contributed by atoms with Crippen molar-refractivity contribution in [2.24, 2.45) is 0 Å². The highest BCUT2D eigenvalue weighted by Crippen LogP contribution is 2.22. The summed E-state index contributed by atoms with van der Waals surface area (Å²) in [6.07, 6.45) is 0. The molecule has 114 valence electrons. The molecule has 1 aromatic carbocycles. The first-order valence-electron chi connectivity index (χ1n) is 6.44. The normalized spacial score (nSPS) is 13.3. The Morgan fingerprint density at radius 3 is 2.62 bits per heavy atom. The van der Waals surface area contributed by atoms with Crippen molar-refractivity contribution in [3.05, 3.63) is 52.7 Å². The molecular formula is C14H17ClN2O3S. The monoisotopic (exact) mass is 328 g/mol. The Bertz CT molecular complexity index is 713. The summed E-state index contributed by atoms with van der Waals surface area (Å²) >= 11 is 6.13. The quantitative estimate of drug-likeness (QED) is 0.855. The van der Waals surface area contributed by atoms with Crippen molar-refractivity contribution in [2.45, 2.75) is 24.6 Å². The third kappa shape index (κ3) is 3.85. The summed E-state index contributed by atoms with van der Waals surface area (Å²) in [6, 6.07) is 10.7. The lowest BCUT2D eigenvalue weighted by atomic mass is 10.1. The van der Waals surface area contributed by atoms with Crippen molar-refractivity contribution in [3.8, 4) is 0 Å². The van der Waals surface area contributed by atoms with Crippen LogP contribution in [0.2, 0.25) is 5.02 Å². The molecule has 0 aliphatic carbocycles. The number of hydrogen-bond acceptors (Lipinski definition) is 4. The van der Waals surface area contributed by atoms with Gasteiger partial charge >= 0.3 is 0 Å². The van der Waals surface area contributed by atoms with Gasteiger partial charge in [-0.3, -0.25) is 0 Å². The molecule has 0 spiro atoms. The van der Waals surface area contributed by atoms with Crippen LogP contribution in [0.5, 0.6) is 0 Å². The largest absolute Gasteiger partial charge is 0.447 e. The molecule has 7 heteroatoms. The molecule has 1 aromatic heterocycles. The van der Waals surface area contributed by atoms with Gasteiger partial charge in [-0.25, -0.2) is 13.1 Å². The fourth-order valence-corrected chi connectivity index (χ4v) is 2.85. The second-order valence-electron chi connectivity index (χ2n) is 4.55. The lowest BCUT2D eigenvalue weighted by Crippen LogP contribution is -2.19. The second-order valence-corrected chi connectivity index (χ2v) is 6.78. The highest BCUT2D eigenvalue weighted by molar-refractivity contribution is 7.89. The van der Waals surface area contributed by atoms with Crippen molar-refractivity contribution < 1.29 is 12.8 Å². The molecule has 0 aliphatic heterocycles. The van der Waals surface area contributed by atoms with Crippen LogP contribution in [0, 0.1) is 0 Å². The van der Waals surface area contributed by atoms with Gasteiger partial charge in [-0.2, -0.15) is 0 Å². The summed E-state index contributed by atoms with van der Waals surface area (Å²) < 4.78 is 30.7. The Labute approximate surface area is 129 Å². The van der Waals surface area contributed by atoms with Crippen molar-refractivity contribution in [1.82, 2.24) is 10.0 Å². The molecule has 0 saturated carbocycles. The summed E-state index contributed by atoms with van der Waals surface area (Å²) in [5, 5.41) is 3.85. The molecule has 0 fully saturated rings. The van der Waals surface area contributed by atoms with Gasteiger partial charge in [0.1, 0.15) is 5.76 Å². The van der Waals surface area contributed by atoms with Gasteiger partial charge in [-0.05, 0) is 37.7 Å². The molecule has 0 saturated heterocycles. The van der Waals surface area contributed by atoms with Crippen LogP contribution in [0.15, 0.2) is 45.9 Å². The van der Waals surface area contributed by atoms with Gasteiger partial charge in [-0.15, -0.1) is 0 Å². The number of hydrogen-bond donors (Lipinski definition) is 2. The number of furan rings is 1. The van der Waals surface area contributed by atoms with E-state index in [1.807, 2.05) is 31.2 Å². The van der Waals surface area contributed by atoms with Crippen LogP contribution < -0.4 is 10.0 Å². The molecule has 0 bridgehead atoms. The first-order valence-corrected chi connectivity index (χ1v) is 8.30. The maximum absolute atomic E-state index is 11.6. The Morgan fingerprint density at radius 1 is 1.24 bits per heavy atom. The van der Waals surface area contributed by atoms with E-state index in [0.29, 0.717) is 17.3 Å². The summed E-state index contributed by atoms with van der Waals surface area (Å²) in [6.45, 7) is 2.39. The molecule has 0 aliphatic rings. The van der Waals surface area contributed by atoms with Crippen LogP contribution >= 0.6 is 11.6 Å². The second kappa shape index (κ2) is 6.62. The zero-order valence-corrected chi connectivity index (χ0v) is 13.3. The zero-order chi connectivity index (χ0) is 15.5. The number of benzene rings is 1. The third-order valence-corrected chi connectivity index (χ3v) is 4.76. The summed E-state index contributed by atoms with van der Waals surface area (Å²) in [7, 11) is -2.20. The summed E-state index contributed by atoms with van der Waals surface area (Å²) in [5.74, 6) is 0.544. The minimum Gasteiger partial charge on any atom is -0.447 e. The van der Waals surface area contributed by atoms with E-state index in [2.05, 4.69) is 10.0 Å². The number of sulfonamides is 1. The van der Waals surface area contributed by atoms with Crippen LogP contribution in [0.25, 0.3) is 0 Å². The van der Waals surface area contributed by atoms with Crippen molar-refractivity contribution in [3.63, 3.8) is 0 Å². The molecule has 2 rings (SSSR count). The van der Waals surface area contributed by atoms with E-state index in [1.165, 1.54) is 13.1 Å². The number of rotatable bonds is 6. The topological polar surface area (TPSA) is 71.3 Å². The standard InChI is InChI=1S/C14H17ClN2O3S/c1-10(12-5-3-4-6-13(12)15)17-9-11-7-8-14(20-11)21(18,19)16-2/h3-8,10,16-17H,9H2,1-2H3. The minimum absolute atomic E-state index is 0.0214. The molecule has 2 aromatic rings. The fourth-order valence-electron chi connectivity index (χ4n) is 1.89. The fraction of sp³-hybridized carbons (Fsp3) is 0.286. The number of nitrogens with one attached hydrogen (secondary N) is 2. The van der Waals surface area contributed by atoms with Gasteiger partial charge < -0.3 is 9.73 Å². The highest BCUT2D eigenvalue weighted by atomic mass is 35.5. The van der Waals surface area contributed by atoms with Gasteiger partial charge in [-0.1, -0.05) is 29.8 Å². The van der Waals surface area contributed by atoms with E-state index in [-0.39, 0.29) is 11.1 Å². The lowest BCUT2D eigenvalue weighted by molar-refractivity contribution is 0.392. The van der Waals surface area contributed by atoms with E-state index >= 15 is 0 Å². The van der Waals surface area contributed by atoms with Crippen molar-refractivity contribution in [2.75, 3.05) is 7.05 Å². The van der Waals surface area contributed by atoms with E-state index < -0.39 is 10.0 Å². The van der Waals surface area contributed by atoms with Gasteiger partial charge in [0.15, 0.2) is 0 Å². The van der Waals surface area contributed by atoms with Crippen LogP contribution in [0.4, 0.5) is 0 Å². The zero-order valence-electron chi connectivity index (χ0n) is 11.8. The summed E-state index contributed by atoms with van der Waals surface area (Å²) in [4.78, 5) is 0. The smallest absolute Gasteiger partial charge is 0.273 e. The van der Waals surface area contributed by atoms with Gasteiger partial charge in [0, 0.05) is 11.1 Å². The van der Waals surface area contributed by atoms with Crippen LogP contribution in [-0.2, 0) is 16.6 Å². The lowest BCUT2D eigenvalue weighted by Gasteiger charge is -2.14. The van der Waals surface area contributed by atoms with E-state index in [9.17, 15) is 8.42 Å². The molecule has 21 heavy (non-hydrogen) atoms. The van der Waals surface area contributed by atoms with Crippen molar-refractivity contribution in [1.29, 1.82) is 0 Å². The first-order chi connectivity index (χ1) is 9.94. The molecule has 1 atom stereocenters. The van der Waals surface area contributed by atoms with Crippen molar-refractivity contribution >= 4 is 21.6 Å². The predicted molar refractivity (Wildman–Crippen MR) is 81.7 cm³/mol. The third-order valence-electron chi connectivity index (χ3n) is 3.12. The molecular weight excluding hydrogens is 312 g/mol. The van der Waals surface area contributed by atoms with Crippen LogP contribution in [-0.4, -0.2) is 15.5 Å². The molecule has 5 nitrogen and oxygen atoms in total. The maximum atomic E-state index is 11.6. The van der Waals surface area contributed by atoms with Gasteiger partial charge in [0.2, 0.25) is 5.09 Å². The average Bonchev–Trinajstić information content (AvgIpc) is 2.95. The Hall–Kier alpha value is -1.34. The van der Waals surface area contributed by atoms with E-state index in [1.54, 1.807) is 6.07 Å². The predicted octanol–water partition coefficient (Wildman–Crippen LogP) is 2.69. The number of halogens is 1. The van der Waals surface area contributed by atoms with Crippen LogP contribution in [0.1, 0.15) is 24.3 Å². The highest BCUT2D eigenvalue weighted by Gasteiger charge is 2.16. The molecule has 1 heterocycles.